The first kappa shape index (κ1) is 14.5. The third-order valence-corrected chi connectivity index (χ3v) is 3.14. The van der Waals surface area contributed by atoms with Crippen molar-refractivity contribution in [2.75, 3.05) is 13.2 Å². The van der Waals surface area contributed by atoms with Crippen molar-refractivity contribution in [2.24, 2.45) is 0 Å². The molecule has 5 heteroatoms. The van der Waals surface area contributed by atoms with Gasteiger partial charge in [0, 0.05) is 29.3 Å². The van der Waals surface area contributed by atoms with Crippen molar-refractivity contribution in [2.45, 2.75) is 6.42 Å². The second-order valence-electron chi connectivity index (χ2n) is 4.16. The third kappa shape index (κ3) is 5.01. The van der Waals surface area contributed by atoms with Gasteiger partial charge in [-0.25, -0.2) is 0 Å². The van der Waals surface area contributed by atoms with Crippen LogP contribution in [0.2, 0.25) is 0 Å². The van der Waals surface area contributed by atoms with Gasteiger partial charge in [-0.15, -0.1) is 0 Å². The normalized spacial score (nSPS) is 10.1. The number of carbonyl (C=O) groups excluding carboxylic acids is 1. The average Bonchev–Trinajstić information content (AvgIpc) is 2.48. The van der Waals surface area contributed by atoms with Crippen LogP contribution in [-0.2, 0) is 11.2 Å². The van der Waals surface area contributed by atoms with Crippen LogP contribution in [0.15, 0.2) is 53.1 Å². The lowest BCUT2D eigenvalue weighted by atomic mass is 10.3. The Labute approximate surface area is 126 Å². The number of hydrogen-bond acceptors (Lipinski definition) is 3. The number of ether oxygens (including phenoxy) is 1. The molecule has 0 fully saturated rings. The molecule has 2 rings (SSSR count). The van der Waals surface area contributed by atoms with E-state index in [2.05, 4.69) is 26.2 Å². The number of rotatable bonds is 6. The molecule has 0 aliphatic carbocycles. The second kappa shape index (κ2) is 7.65. The monoisotopic (exact) mass is 334 g/mol. The summed E-state index contributed by atoms with van der Waals surface area (Å²) in [6, 6.07) is 13.1. The zero-order valence-electron chi connectivity index (χ0n) is 10.9. The van der Waals surface area contributed by atoms with E-state index < -0.39 is 0 Å². The molecule has 0 aliphatic heterocycles. The number of carbonyl (C=O) groups is 1. The van der Waals surface area contributed by atoms with Crippen molar-refractivity contribution in [3.8, 4) is 5.75 Å². The van der Waals surface area contributed by atoms with Crippen molar-refractivity contribution >= 4 is 21.8 Å². The Balaban J connectivity index is 1.67. The Morgan fingerprint density at radius 1 is 1.20 bits per heavy atom. The molecule has 0 radical (unpaired) electrons. The first-order valence-electron chi connectivity index (χ1n) is 6.29. The number of halogens is 1. The first-order valence-corrected chi connectivity index (χ1v) is 7.08. The molecule has 1 heterocycles. The molecule has 0 saturated heterocycles. The van der Waals surface area contributed by atoms with Crippen LogP contribution < -0.4 is 10.1 Å². The lowest BCUT2D eigenvalue weighted by molar-refractivity contribution is -0.123. The fourth-order valence-electron chi connectivity index (χ4n) is 1.61. The number of amides is 1. The highest BCUT2D eigenvalue weighted by molar-refractivity contribution is 9.10. The maximum Gasteiger partial charge on any atom is 0.257 e. The highest BCUT2D eigenvalue weighted by Crippen LogP contribution is 2.15. The summed E-state index contributed by atoms with van der Waals surface area (Å²) in [5, 5.41) is 2.80. The Morgan fingerprint density at radius 2 is 2.00 bits per heavy atom. The quantitative estimate of drug-likeness (QED) is 0.883. The molecule has 0 atom stereocenters. The van der Waals surface area contributed by atoms with Crippen LogP contribution in [0, 0.1) is 0 Å². The summed E-state index contributed by atoms with van der Waals surface area (Å²) >= 11 is 3.34. The molecule has 2 aromatic rings. The lowest BCUT2D eigenvalue weighted by Gasteiger charge is -2.07. The van der Waals surface area contributed by atoms with Gasteiger partial charge in [-0.2, -0.15) is 0 Å². The van der Waals surface area contributed by atoms with Crippen molar-refractivity contribution in [1.29, 1.82) is 0 Å². The number of nitrogens with zero attached hydrogens (tertiary/aromatic N) is 1. The van der Waals surface area contributed by atoms with E-state index >= 15 is 0 Å². The van der Waals surface area contributed by atoms with E-state index in [1.54, 1.807) is 6.20 Å². The number of aromatic nitrogens is 1. The van der Waals surface area contributed by atoms with Gasteiger partial charge in [-0.3, -0.25) is 9.78 Å². The van der Waals surface area contributed by atoms with E-state index in [9.17, 15) is 4.79 Å². The molecule has 0 spiro atoms. The first-order chi connectivity index (χ1) is 9.74. The van der Waals surface area contributed by atoms with Crippen LogP contribution in [-0.4, -0.2) is 24.0 Å². The number of pyridine rings is 1. The SMILES string of the molecule is O=C(COc1ccc(Br)cc1)NCCc1ccccn1. The predicted molar refractivity (Wildman–Crippen MR) is 80.6 cm³/mol. The van der Waals surface area contributed by atoms with Gasteiger partial charge in [0.25, 0.3) is 5.91 Å². The summed E-state index contributed by atoms with van der Waals surface area (Å²) in [4.78, 5) is 15.8. The Morgan fingerprint density at radius 3 is 2.70 bits per heavy atom. The smallest absolute Gasteiger partial charge is 0.257 e. The standard InChI is InChI=1S/C15H15BrN2O2/c16-12-4-6-14(7-5-12)20-11-15(19)18-10-8-13-3-1-2-9-17-13/h1-7,9H,8,10-11H2,(H,18,19). The zero-order chi connectivity index (χ0) is 14.2. The summed E-state index contributed by atoms with van der Waals surface area (Å²) in [6.07, 6.45) is 2.46. The van der Waals surface area contributed by atoms with Crippen LogP contribution >= 0.6 is 15.9 Å². The predicted octanol–water partition coefficient (Wildman–Crippen LogP) is 2.58. The van der Waals surface area contributed by atoms with E-state index in [4.69, 9.17) is 4.74 Å². The van der Waals surface area contributed by atoms with E-state index in [-0.39, 0.29) is 12.5 Å². The zero-order valence-corrected chi connectivity index (χ0v) is 12.5. The van der Waals surface area contributed by atoms with E-state index in [1.165, 1.54) is 0 Å². The van der Waals surface area contributed by atoms with Crippen LogP contribution in [0.3, 0.4) is 0 Å². The van der Waals surface area contributed by atoms with Crippen LogP contribution in [0.1, 0.15) is 5.69 Å². The summed E-state index contributed by atoms with van der Waals surface area (Å²) in [7, 11) is 0. The van der Waals surface area contributed by atoms with Gasteiger partial charge in [0.15, 0.2) is 6.61 Å². The van der Waals surface area contributed by atoms with Gasteiger partial charge in [-0.1, -0.05) is 22.0 Å². The average molecular weight is 335 g/mol. The fourth-order valence-corrected chi connectivity index (χ4v) is 1.87. The molecule has 0 unspecified atom stereocenters. The minimum atomic E-state index is -0.135. The molecular formula is C15H15BrN2O2. The number of nitrogens with one attached hydrogen (secondary N) is 1. The molecule has 0 saturated carbocycles. The molecule has 104 valence electrons. The van der Waals surface area contributed by atoms with Crippen molar-refractivity contribution in [3.05, 3.63) is 58.8 Å². The Kier molecular flexibility index (Phi) is 5.55. The molecule has 1 N–H and O–H groups in total. The van der Waals surface area contributed by atoms with Crippen LogP contribution in [0.25, 0.3) is 0 Å². The molecule has 20 heavy (non-hydrogen) atoms. The Bertz CT molecular complexity index is 544. The van der Waals surface area contributed by atoms with Gasteiger partial charge < -0.3 is 10.1 Å². The van der Waals surface area contributed by atoms with E-state index in [0.717, 1.165) is 10.2 Å². The van der Waals surface area contributed by atoms with Crippen molar-refractivity contribution in [1.82, 2.24) is 10.3 Å². The molecular weight excluding hydrogens is 320 g/mol. The summed E-state index contributed by atoms with van der Waals surface area (Å²) < 4.78 is 6.35. The van der Waals surface area contributed by atoms with Gasteiger partial charge >= 0.3 is 0 Å². The molecule has 1 aromatic heterocycles. The minimum Gasteiger partial charge on any atom is -0.484 e. The van der Waals surface area contributed by atoms with Gasteiger partial charge in [0.05, 0.1) is 0 Å². The van der Waals surface area contributed by atoms with Crippen LogP contribution in [0.5, 0.6) is 5.75 Å². The van der Waals surface area contributed by atoms with Crippen molar-refractivity contribution in [3.63, 3.8) is 0 Å². The third-order valence-electron chi connectivity index (χ3n) is 2.61. The molecule has 4 nitrogen and oxygen atoms in total. The van der Waals surface area contributed by atoms with Gasteiger partial charge in [0.1, 0.15) is 5.75 Å². The Hall–Kier alpha value is -1.88. The fraction of sp³-hybridized carbons (Fsp3) is 0.200. The molecule has 0 bridgehead atoms. The maximum absolute atomic E-state index is 11.6. The summed E-state index contributed by atoms with van der Waals surface area (Å²) in [5.74, 6) is 0.539. The number of benzene rings is 1. The van der Waals surface area contributed by atoms with Crippen molar-refractivity contribution < 1.29 is 9.53 Å². The minimum absolute atomic E-state index is 0.0177. The highest BCUT2D eigenvalue weighted by Gasteiger charge is 2.02. The second-order valence-corrected chi connectivity index (χ2v) is 5.08. The topological polar surface area (TPSA) is 51.2 Å². The van der Waals surface area contributed by atoms with Gasteiger partial charge in [-0.05, 0) is 36.4 Å². The lowest BCUT2D eigenvalue weighted by Crippen LogP contribution is -2.30. The summed E-state index contributed by atoms with van der Waals surface area (Å²) in [6.45, 7) is 0.573. The largest absolute Gasteiger partial charge is 0.484 e. The number of hydrogen-bond donors (Lipinski definition) is 1. The maximum atomic E-state index is 11.6. The highest BCUT2D eigenvalue weighted by atomic mass is 79.9. The summed E-state index contributed by atoms with van der Waals surface area (Å²) in [5.41, 5.74) is 0.960. The molecule has 0 aliphatic rings. The van der Waals surface area contributed by atoms with Gasteiger partial charge in [0.2, 0.25) is 0 Å². The molecule has 1 amide bonds. The van der Waals surface area contributed by atoms with Crippen LogP contribution in [0.4, 0.5) is 0 Å². The van der Waals surface area contributed by atoms with E-state index in [0.29, 0.717) is 18.7 Å². The van der Waals surface area contributed by atoms with E-state index in [1.807, 2.05) is 42.5 Å². The molecule has 1 aromatic carbocycles.